The Kier molecular flexibility index (Phi) is 3.64. The monoisotopic (exact) mass is 257 g/mol. The Balaban J connectivity index is 1.85. The van der Waals surface area contributed by atoms with Crippen LogP contribution in [0.1, 0.15) is 26.7 Å². The van der Waals surface area contributed by atoms with E-state index in [2.05, 4.69) is 24.4 Å². The van der Waals surface area contributed by atoms with Gasteiger partial charge < -0.3 is 5.32 Å². The van der Waals surface area contributed by atoms with Gasteiger partial charge in [0.25, 0.3) is 0 Å². The van der Waals surface area contributed by atoms with E-state index in [0.717, 1.165) is 5.92 Å². The largest absolute Gasteiger partial charge is 0.310 e. The third-order valence-electron chi connectivity index (χ3n) is 4.07. The van der Waals surface area contributed by atoms with E-state index in [0.29, 0.717) is 17.9 Å². The zero-order valence-corrected chi connectivity index (χ0v) is 11.7. The zero-order chi connectivity index (χ0) is 12.6. The molecule has 4 heteroatoms. The average Bonchev–Trinajstić information content (AvgIpc) is 2.74. The molecule has 2 rings (SSSR count). The minimum Gasteiger partial charge on any atom is -0.310 e. The second kappa shape index (κ2) is 4.73. The Morgan fingerprint density at radius 3 is 2.47 bits per heavy atom. The van der Waals surface area contributed by atoms with Crippen LogP contribution in [0.25, 0.3) is 0 Å². The number of rotatable bonds is 5. The average molecular weight is 257 g/mol. The first-order chi connectivity index (χ1) is 7.85. The van der Waals surface area contributed by atoms with Crippen molar-refractivity contribution in [2.24, 2.45) is 17.8 Å². The molecule has 0 radical (unpaired) electrons. The van der Waals surface area contributed by atoms with Crippen LogP contribution in [0.4, 0.5) is 0 Å². The van der Waals surface area contributed by atoms with Crippen molar-refractivity contribution in [1.29, 1.82) is 0 Å². The SMILES string of the molecule is CC(CS(C)(=O)=O)NC(C)C1CC2C=CC1C2. The lowest BCUT2D eigenvalue weighted by molar-refractivity contribution is 0.312. The molecule has 0 aromatic carbocycles. The van der Waals surface area contributed by atoms with Gasteiger partial charge in [-0.25, -0.2) is 8.42 Å². The molecule has 0 aromatic heterocycles. The molecule has 5 atom stereocenters. The summed E-state index contributed by atoms with van der Waals surface area (Å²) in [5.74, 6) is 2.41. The molecule has 0 amide bonds. The first-order valence-corrected chi connectivity index (χ1v) is 8.53. The van der Waals surface area contributed by atoms with E-state index in [-0.39, 0.29) is 11.8 Å². The molecule has 0 aromatic rings. The summed E-state index contributed by atoms with van der Waals surface area (Å²) < 4.78 is 22.4. The van der Waals surface area contributed by atoms with Crippen molar-refractivity contribution in [2.45, 2.75) is 38.8 Å². The smallest absolute Gasteiger partial charge is 0.148 e. The van der Waals surface area contributed by atoms with Gasteiger partial charge in [-0.2, -0.15) is 0 Å². The molecule has 0 saturated heterocycles. The van der Waals surface area contributed by atoms with Crippen molar-refractivity contribution in [1.82, 2.24) is 5.32 Å². The Hall–Kier alpha value is -0.350. The maximum absolute atomic E-state index is 11.2. The predicted molar refractivity (Wildman–Crippen MR) is 70.6 cm³/mol. The molecular weight excluding hydrogens is 234 g/mol. The third-order valence-corrected chi connectivity index (χ3v) is 5.18. The summed E-state index contributed by atoms with van der Waals surface area (Å²) in [5.41, 5.74) is 0. The quantitative estimate of drug-likeness (QED) is 0.761. The first-order valence-electron chi connectivity index (χ1n) is 6.47. The topological polar surface area (TPSA) is 46.2 Å². The summed E-state index contributed by atoms with van der Waals surface area (Å²) in [4.78, 5) is 0. The van der Waals surface area contributed by atoms with Gasteiger partial charge in [0, 0.05) is 18.3 Å². The van der Waals surface area contributed by atoms with E-state index in [9.17, 15) is 8.42 Å². The summed E-state index contributed by atoms with van der Waals surface area (Å²) >= 11 is 0. The Morgan fingerprint density at radius 1 is 1.29 bits per heavy atom. The van der Waals surface area contributed by atoms with E-state index >= 15 is 0 Å². The second-order valence-electron chi connectivity index (χ2n) is 5.89. The van der Waals surface area contributed by atoms with Crippen LogP contribution in [0.15, 0.2) is 12.2 Å². The van der Waals surface area contributed by atoms with Crippen LogP contribution >= 0.6 is 0 Å². The normalized spacial score (nSPS) is 35.1. The molecule has 98 valence electrons. The number of nitrogens with one attached hydrogen (secondary N) is 1. The highest BCUT2D eigenvalue weighted by molar-refractivity contribution is 7.90. The van der Waals surface area contributed by atoms with Gasteiger partial charge in [0.05, 0.1) is 5.75 Å². The van der Waals surface area contributed by atoms with E-state index in [1.807, 2.05) is 6.92 Å². The van der Waals surface area contributed by atoms with Crippen molar-refractivity contribution in [3.63, 3.8) is 0 Å². The van der Waals surface area contributed by atoms with Gasteiger partial charge in [0.2, 0.25) is 0 Å². The van der Waals surface area contributed by atoms with E-state index in [1.54, 1.807) is 0 Å². The molecule has 0 aliphatic heterocycles. The highest BCUT2D eigenvalue weighted by Crippen LogP contribution is 2.44. The summed E-state index contributed by atoms with van der Waals surface area (Å²) in [7, 11) is -2.88. The van der Waals surface area contributed by atoms with Crippen molar-refractivity contribution in [2.75, 3.05) is 12.0 Å². The third kappa shape index (κ3) is 3.32. The Bertz CT molecular complexity index is 402. The predicted octanol–water partition coefficient (Wildman–Crippen LogP) is 1.61. The molecule has 1 N–H and O–H groups in total. The number of sulfone groups is 1. The van der Waals surface area contributed by atoms with Gasteiger partial charge in [-0.15, -0.1) is 0 Å². The van der Waals surface area contributed by atoms with Crippen molar-refractivity contribution in [3.8, 4) is 0 Å². The highest BCUT2D eigenvalue weighted by Gasteiger charge is 2.38. The van der Waals surface area contributed by atoms with E-state index in [4.69, 9.17) is 0 Å². The van der Waals surface area contributed by atoms with Crippen LogP contribution in [0.5, 0.6) is 0 Å². The molecular formula is C13H23NO2S. The lowest BCUT2D eigenvalue weighted by Crippen LogP contribution is -2.43. The number of hydrogen-bond acceptors (Lipinski definition) is 3. The van der Waals surface area contributed by atoms with Gasteiger partial charge >= 0.3 is 0 Å². The summed E-state index contributed by atoms with van der Waals surface area (Å²) in [6.07, 6.45) is 8.56. The van der Waals surface area contributed by atoms with Crippen LogP contribution in [-0.4, -0.2) is 32.5 Å². The molecule has 5 unspecified atom stereocenters. The minimum atomic E-state index is -2.88. The van der Waals surface area contributed by atoms with Crippen molar-refractivity contribution < 1.29 is 8.42 Å². The molecule has 2 bridgehead atoms. The second-order valence-corrected chi connectivity index (χ2v) is 8.08. The van der Waals surface area contributed by atoms with E-state index in [1.165, 1.54) is 19.1 Å². The Morgan fingerprint density at radius 2 is 2.00 bits per heavy atom. The molecule has 17 heavy (non-hydrogen) atoms. The first kappa shape index (κ1) is 13.1. The van der Waals surface area contributed by atoms with Crippen molar-refractivity contribution in [3.05, 3.63) is 12.2 Å². The number of fused-ring (bicyclic) bond motifs is 2. The van der Waals surface area contributed by atoms with Crippen LogP contribution in [0.3, 0.4) is 0 Å². The fourth-order valence-corrected chi connectivity index (χ4v) is 4.48. The van der Waals surface area contributed by atoms with Gasteiger partial charge in [0.1, 0.15) is 9.84 Å². The molecule has 0 heterocycles. The molecule has 3 nitrogen and oxygen atoms in total. The fourth-order valence-electron chi connectivity index (χ4n) is 3.47. The molecule has 2 aliphatic rings. The number of allylic oxidation sites excluding steroid dienone is 2. The maximum atomic E-state index is 11.2. The number of hydrogen-bond donors (Lipinski definition) is 1. The van der Waals surface area contributed by atoms with Crippen LogP contribution in [0.2, 0.25) is 0 Å². The zero-order valence-electron chi connectivity index (χ0n) is 10.9. The lowest BCUT2D eigenvalue weighted by atomic mass is 9.87. The lowest BCUT2D eigenvalue weighted by Gasteiger charge is -2.29. The highest BCUT2D eigenvalue weighted by atomic mass is 32.2. The van der Waals surface area contributed by atoms with Gasteiger partial charge in [0.15, 0.2) is 0 Å². The fraction of sp³-hybridized carbons (Fsp3) is 0.846. The maximum Gasteiger partial charge on any atom is 0.148 e. The summed E-state index contributed by atoms with van der Waals surface area (Å²) in [5, 5.41) is 3.45. The summed E-state index contributed by atoms with van der Waals surface area (Å²) in [6.45, 7) is 4.15. The van der Waals surface area contributed by atoms with E-state index < -0.39 is 9.84 Å². The van der Waals surface area contributed by atoms with Crippen LogP contribution in [0, 0.1) is 17.8 Å². The van der Waals surface area contributed by atoms with Crippen molar-refractivity contribution >= 4 is 9.84 Å². The van der Waals surface area contributed by atoms with Gasteiger partial charge in [-0.05, 0) is 44.4 Å². The van der Waals surface area contributed by atoms with Gasteiger partial charge in [-0.3, -0.25) is 0 Å². The molecule has 2 aliphatic carbocycles. The minimum absolute atomic E-state index is 0.0445. The van der Waals surface area contributed by atoms with Crippen LogP contribution in [-0.2, 0) is 9.84 Å². The molecule has 0 spiro atoms. The summed E-state index contributed by atoms with van der Waals surface area (Å²) in [6, 6.07) is 0.454. The molecule has 1 fully saturated rings. The standard InChI is InChI=1S/C13H23NO2S/c1-9(8-17(3,15)16)14-10(2)13-7-11-4-5-12(13)6-11/h4-5,9-14H,6-8H2,1-3H3. The van der Waals surface area contributed by atoms with Crippen LogP contribution < -0.4 is 5.32 Å². The Labute approximate surface area is 105 Å². The van der Waals surface area contributed by atoms with Gasteiger partial charge in [-0.1, -0.05) is 12.2 Å². The molecule has 1 saturated carbocycles.